The first-order valence-electron chi connectivity index (χ1n) is 11.8. The van der Waals surface area contributed by atoms with Crippen molar-refractivity contribution in [3.63, 3.8) is 0 Å². The van der Waals surface area contributed by atoms with Gasteiger partial charge in [0.1, 0.15) is 17.3 Å². The number of aliphatic hydroxyl groups is 1. The van der Waals surface area contributed by atoms with Crippen LogP contribution in [0.3, 0.4) is 0 Å². The van der Waals surface area contributed by atoms with E-state index in [0.29, 0.717) is 42.3 Å². The molecule has 0 spiro atoms. The second-order valence-corrected chi connectivity index (χ2v) is 8.15. The second-order valence-electron chi connectivity index (χ2n) is 8.15. The molecule has 2 aromatic rings. The minimum Gasteiger partial charge on any atom is -0.507 e. The van der Waals surface area contributed by atoms with Crippen LogP contribution in [0.25, 0.3) is 5.76 Å². The first-order chi connectivity index (χ1) is 16.8. The number of esters is 1. The fourth-order valence-corrected chi connectivity index (χ4v) is 4.22. The Kier molecular flexibility index (Phi) is 8.65. The molecule has 1 aliphatic rings. The standard InChI is InChI=1S/C27H32N2O6/c1-5-28(6-2)14-15-29-24(19-10-8-13-22(16-19)35-18(4)30)23(26(32)27(29)33)25(31)20-11-9-12-21(17-20)34-7-3/h8-13,16-17,24,31H,5-7,14-15H2,1-4H3/b25-23-. The quantitative estimate of drug-likeness (QED) is 0.182. The van der Waals surface area contributed by atoms with E-state index in [1.807, 2.05) is 20.8 Å². The number of Topliss-reactive ketones (excluding diaryl/α,β-unsaturated/α-hetero) is 1. The van der Waals surface area contributed by atoms with Crippen molar-refractivity contribution in [3.05, 3.63) is 65.2 Å². The van der Waals surface area contributed by atoms with Crippen LogP contribution in [0, 0.1) is 0 Å². The first kappa shape index (κ1) is 26.0. The Morgan fingerprint density at radius 1 is 1.03 bits per heavy atom. The lowest BCUT2D eigenvalue weighted by molar-refractivity contribution is -0.140. The number of ketones is 1. The fraction of sp³-hybridized carbons (Fsp3) is 0.370. The molecule has 0 saturated carbocycles. The van der Waals surface area contributed by atoms with E-state index in [9.17, 15) is 19.5 Å². The van der Waals surface area contributed by atoms with E-state index < -0.39 is 23.7 Å². The monoisotopic (exact) mass is 480 g/mol. The zero-order chi connectivity index (χ0) is 25.5. The van der Waals surface area contributed by atoms with Crippen LogP contribution in [-0.4, -0.2) is 65.4 Å². The van der Waals surface area contributed by atoms with Gasteiger partial charge in [0.2, 0.25) is 0 Å². The van der Waals surface area contributed by atoms with Gasteiger partial charge in [0.05, 0.1) is 18.2 Å². The summed E-state index contributed by atoms with van der Waals surface area (Å²) >= 11 is 0. The van der Waals surface area contributed by atoms with Gasteiger partial charge in [0.25, 0.3) is 11.7 Å². The van der Waals surface area contributed by atoms with Crippen LogP contribution in [0.2, 0.25) is 0 Å². The molecule has 0 bridgehead atoms. The number of nitrogens with zero attached hydrogens (tertiary/aromatic N) is 2. The molecule has 1 N–H and O–H groups in total. The smallest absolute Gasteiger partial charge is 0.308 e. The van der Waals surface area contributed by atoms with Gasteiger partial charge in [-0.05, 0) is 49.8 Å². The maximum atomic E-state index is 13.2. The Morgan fingerprint density at radius 2 is 1.71 bits per heavy atom. The summed E-state index contributed by atoms with van der Waals surface area (Å²) in [5.41, 5.74) is 0.923. The summed E-state index contributed by atoms with van der Waals surface area (Å²) in [6.45, 7) is 10.1. The van der Waals surface area contributed by atoms with E-state index in [-0.39, 0.29) is 11.3 Å². The number of hydrogen-bond donors (Lipinski definition) is 1. The van der Waals surface area contributed by atoms with Crippen molar-refractivity contribution in [3.8, 4) is 11.5 Å². The van der Waals surface area contributed by atoms with Crippen LogP contribution in [0.15, 0.2) is 54.1 Å². The molecule has 3 rings (SSSR count). The van der Waals surface area contributed by atoms with Gasteiger partial charge in [0, 0.05) is 25.6 Å². The predicted molar refractivity (Wildman–Crippen MR) is 132 cm³/mol. The fourth-order valence-electron chi connectivity index (χ4n) is 4.22. The van der Waals surface area contributed by atoms with Gasteiger partial charge >= 0.3 is 5.97 Å². The highest BCUT2D eigenvalue weighted by Crippen LogP contribution is 2.40. The zero-order valence-electron chi connectivity index (χ0n) is 20.6. The van der Waals surface area contributed by atoms with E-state index in [0.717, 1.165) is 13.1 Å². The number of benzene rings is 2. The first-order valence-corrected chi connectivity index (χ1v) is 11.8. The summed E-state index contributed by atoms with van der Waals surface area (Å²) in [6, 6.07) is 12.6. The molecule has 1 atom stereocenters. The Balaban J connectivity index is 2.12. The van der Waals surface area contributed by atoms with Crippen molar-refractivity contribution < 1.29 is 29.0 Å². The second kappa shape index (κ2) is 11.7. The van der Waals surface area contributed by atoms with E-state index in [1.165, 1.54) is 11.8 Å². The molecule has 1 fully saturated rings. The third kappa shape index (κ3) is 5.89. The topological polar surface area (TPSA) is 96.4 Å². The van der Waals surface area contributed by atoms with Gasteiger partial charge in [-0.2, -0.15) is 0 Å². The van der Waals surface area contributed by atoms with E-state index in [4.69, 9.17) is 9.47 Å². The highest BCUT2D eigenvalue weighted by molar-refractivity contribution is 6.46. The lowest BCUT2D eigenvalue weighted by Crippen LogP contribution is -2.38. The normalized spacial score (nSPS) is 17.2. The number of amides is 1. The predicted octanol–water partition coefficient (Wildman–Crippen LogP) is 3.77. The van der Waals surface area contributed by atoms with E-state index in [1.54, 1.807) is 48.5 Å². The molecule has 0 aliphatic carbocycles. The van der Waals surface area contributed by atoms with E-state index in [2.05, 4.69) is 4.90 Å². The average Bonchev–Trinajstić information content (AvgIpc) is 3.09. The molecule has 1 amide bonds. The largest absolute Gasteiger partial charge is 0.507 e. The molecular weight excluding hydrogens is 448 g/mol. The Hall–Kier alpha value is -3.65. The molecule has 186 valence electrons. The van der Waals surface area contributed by atoms with Crippen LogP contribution in [0.1, 0.15) is 44.9 Å². The number of rotatable bonds is 10. The molecule has 8 nitrogen and oxygen atoms in total. The number of likely N-dealkylation sites (N-methyl/N-ethyl adjacent to an activating group) is 1. The molecule has 1 aliphatic heterocycles. The maximum absolute atomic E-state index is 13.2. The van der Waals surface area contributed by atoms with Gasteiger partial charge in [0.15, 0.2) is 0 Å². The van der Waals surface area contributed by atoms with Crippen molar-refractivity contribution in [2.75, 3.05) is 32.8 Å². The molecule has 0 radical (unpaired) electrons. The van der Waals surface area contributed by atoms with Gasteiger partial charge in [-0.1, -0.05) is 38.1 Å². The molecule has 1 heterocycles. The van der Waals surface area contributed by atoms with Gasteiger partial charge in [-0.25, -0.2) is 0 Å². The summed E-state index contributed by atoms with van der Waals surface area (Å²) in [4.78, 5) is 41.5. The molecule has 0 aromatic heterocycles. The van der Waals surface area contributed by atoms with Crippen LogP contribution in [0.5, 0.6) is 11.5 Å². The molecule has 2 aromatic carbocycles. The van der Waals surface area contributed by atoms with Gasteiger partial charge < -0.3 is 24.4 Å². The lowest BCUT2D eigenvalue weighted by atomic mass is 9.95. The van der Waals surface area contributed by atoms with Crippen molar-refractivity contribution in [2.24, 2.45) is 0 Å². The minimum absolute atomic E-state index is 0.0110. The van der Waals surface area contributed by atoms with Gasteiger partial charge in [-0.15, -0.1) is 0 Å². The van der Waals surface area contributed by atoms with E-state index >= 15 is 0 Å². The number of carbonyl (C=O) groups is 3. The number of ether oxygens (including phenoxy) is 2. The van der Waals surface area contributed by atoms with Crippen molar-refractivity contribution in [2.45, 2.75) is 33.7 Å². The molecule has 8 heteroatoms. The Labute approximate surface area is 205 Å². The van der Waals surface area contributed by atoms with Gasteiger partial charge in [-0.3, -0.25) is 14.4 Å². The number of carbonyl (C=O) groups excluding carboxylic acids is 3. The average molecular weight is 481 g/mol. The maximum Gasteiger partial charge on any atom is 0.308 e. The summed E-state index contributed by atoms with van der Waals surface area (Å²) in [6.07, 6.45) is 0. The number of aliphatic hydroxyl groups excluding tert-OH is 1. The molecule has 1 unspecified atom stereocenters. The molecule has 1 saturated heterocycles. The van der Waals surface area contributed by atoms with Crippen LogP contribution < -0.4 is 9.47 Å². The summed E-state index contributed by atoms with van der Waals surface area (Å²) in [5, 5.41) is 11.3. The SMILES string of the molecule is CCOc1cccc(/C(O)=C2/C(=O)C(=O)N(CCN(CC)CC)C2c2cccc(OC(C)=O)c2)c1. The highest BCUT2D eigenvalue weighted by Gasteiger charge is 2.46. The summed E-state index contributed by atoms with van der Waals surface area (Å²) < 4.78 is 10.8. The van der Waals surface area contributed by atoms with Crippen LogP contribution in [0.4, 0.5) is 0 Å². The summed E-state index contributed by atoms with van der Waals surface area (Å²) in [7, 11) is 0. The van der Waals surface area contributed by atoms with Crippen molar-refractivity contribution in [1.82, 2.24) is 9.80 Å². The number of likely N-dealkylation sites (tertiary alicyclic amines) is 1. The minimum atomic E-state index is -0.836. The third-order valence-corrected chi connectivity index (χ3v) is 5.95. The van der Waals surface area contributed by atoms with Crippen LogP contribution >= 0.6 is 0 Å². The third-order valence-electron chi connectivity index (χ3n) is 5.95. The highest BCUT2D eigenvalue weighted by atomic mass is 16.5. The molecule has 35 heavy (non-hydrogen) atoms. The van der Waals surface area contributed by atoms with Crippen molar-refractivity contribution in [1.29, 1.82) is 0 Å². The zero-order valence-corrected chi connectivity index (χ0v) is 20.6. The lowest BCUT2D eigenvalue weighted by Gasteiger charge is -2.28. The number of hydrogen-bond acceptors (Lipinski definition) is 7. The van der Waals surface area contributed by atoms with Crippen molar-refractivity contribution >= 4 is 23.4 Å². The molecular formula is C27H32N2O6. The Bertz CT molecular complexity index is 1120. The summed E-state index contributed by atoms with van der Waals surface area (Å²) in [5.74, 6) is -1.36. The van der Waals surface area contributed by atoms with Crippen LogP contribution in [-0.2, 0) is 14.4 Å². The Morgan fingerprint density at radius 3 is 2.37 bits per heavy atom.